The van der Waals surface area contributed by atoms with Gasteiger partial charge in [0.25, 0.3) is 5.91 Å². The summed E-state index contributed by atoms with van der Waals surface area (Å²) < 4.78 is 11.8. The molecule has 0 aliphatic carbocycles. The zero-order valence-corrected chi connectivity index (χ0v) is 17.3. The number of carbonyl (C=O) groups excluding carboxylic acids is 1. The number of oxime groups is 1. The van der Waals surface area contributed by atoms with E-state index in [1.54, 1.807) is 37.4 Å². The molecule has 1 N–H and O–H groups in total. The smallest absolute Gasteiger partial charge is 0.265 e. The summed E-state index contributed by atoms with van der Waals surface area (Å²) >= 11 is 9.26. The van der Waals surface area contributed by atoms with Gasteiger partial charge in [0.2, 0.25) is 0 Å². The van der Waals surface area contributed by atoms with Crippen molar-refractivity contribution >= 4 is 45.3 Å². The van der Waals surface area contributed by atoms with Crippen molar-refractivity contribution < 1.29 is 19.1 Å². The van der Waals surface area contributed by atoms with Gasteiger partial charge in [0.05, 0.1) is 24.4 Å². The van der Waals surface area contributed by atoms with Gasteiger partial charge in [-0.3, -0.25) is 4.79 Å². The summed E-state index contributed by atoms with van der Waals surface area (Å²) in [4.78, 5) is 16.9. The zero-order chi connectivity index (χ0) is 19.6. The summed E-state index contributed by atoms with van der Waals surface area (Å²) in [5, 5.41) is 7.10. The molecule has 144 valence electrons. The third-order valence-corrected chi connectivity index (χ3v) is 4.14. The highest BCUT2D eigenvalue weighted by Gasteiger charge is 2.11. The number of anilines is 1. The monoisotopic (exact) mass is 454 g/mol. The minimum atomic E-state index is -0.323. The van der Waals surface area contributed by atoms with Gasteiger partial charge in [-0.1, -0.05) is 23.7 Å². The lowest BCUT2D eigenvalue weighted by molar-refractivity contribution is -0.120. The third kappa shape index (κ3) is 6.77. The van der Waals surface area contributed by atoms with Crippen LogP contribution in [-0.2, 0) is 9.63 Å². The number of hydrogen-bond acceptors (Lipinski definition) is 5. The highest BCUT2D eigenvalue weighted by atomic mass is 79.9. The maximum Gasteiger partial charge on any atom is 0.265 e. The van der Waals surface area contributed by atoms with Crippen LogP contribution in [0.1, 0.15) is 18.9 Å². The molecule has 0 aliphatic rings. The van der Waals surface area contributed by atoms with Crippen molar-refractivity contribution in [3.05, 3.63) is 51.5 Å². The number of nitrogens with one attached hydrogen (secondary N) is 1. The van der Waals surface area contributed by atoms with E-state index < -0.39 is 0 Å². The fraction of sp³-hybridized carbons (Fsp3) is 0.263. The SMILES string of the molecule is CCCOc1c(Br)cc(C=NOCC(=O)Nc2ccc(Cl)cc2)cc1OC. The van der Waals surface area contributed by atoms with Crippen molar-refractivity contribution in [1.82, 2.24) is 0 Å². The summed E-state index contributed by atoms with van der Waals surface area (Å²) in [6.45, 7) is 2.41. The van der Waals surface area contributed by atoms with E-state index in [0.29, 0.717) is 28.8 Å². The van der Waals surface area contributed by atoms with Gasteiger partial charge in [0, 0.05) is 16.3 Å². The molecule has 1 amide bonds. The fourth-order valence-electron chi connectivity index (χ4n) is 2.08. The molecule has 27 heavy (non-hydrogen) atoms. The first-order valence-corrected chi connectivity index (χ1v) is 9.41. The zero-order valence-electron chi connectivity index (χ0n) is 15.0. The highest BCUT2D eigenvalue weighted by Crippen LogP contribution is 2.36. The molecule has 0 aliphatic heterocycles. The van der Waals surface area contributed by atoms with E-state index in [1.165, 1.54) is 6.21 Å². The number of methoxy groups -OCH3 is 1. The van der Waals surface area contributed by atoms with Crippen LogP contribution in [0.5, 0.6) is 11.5 Å². The molecule has 2 aromatic rings. The Hall–Kier alpha value is -2.25. The number of benzene rings is 2. The second kappa shape index (κ2) is 10.8. The van der Waals surface area contributed by atoms with E-state index in [4.69, 9.17) is 25.9 Å². The van der Waals surface area contributed by atoms with Crippen LogP contribution in [0.2, 0.25) is 5.02 Å². The van der Waals surface area contributed by atoms with E-state index in [9.17, 15) is 4.79 Å². The van der Waals surface area contributed by atoms with Crippen molar-refractivity contribution in [2.24, 2.45) is 5.16 Å². The molecule has 0 unspecified atom stereocenters. The molecule has 0 heterocycles. The predicted molar refractivity (Wildman–Crippen MR) is 110 cm³/mol. The Morgan fingerprint density at radius 2 is 2.04 bits per heavy atom. The number of amides is 1. The van der Waals surface area contributed by atoms with Crippen molar-refractivity contribution in [3.8, 4) is 11.5 Å². The van der Waals surface area contributed by atoms with Crippen LogP contribution in [0.25, 0.3) is 0 Å². The summed E-state index contributed by atoms with van der Waals surface area (Å²) in [7, 11) is 1.57. The lowest BCUT2D eigenvalue weighted by atomic mass is 10.2. The molecule has 2 rings (SSSR count). The Labute approximate surface area is 171 Å². The van der Waals surface area contributed by atoms with Crippen molar-refractivity contribution in [1.29, 1.82) is 0 Å². The molecule has 0 fully saturated rings. The summed E-state index contributed by atoms with van der Waals surface area (Å²) in [6, 6.07) is 10.4. The molecular weight excluding hydrogens is 436 g/mol. The molecule has 0 aromatic heterocycles. The van der Waals surface area contributed by atoms with Gasteiger partial charge in [0.1, 0.15) is 0 Å². The van der Waals surface area contributed by atoms with E-state index >= 15 is 0 Å². The number of ether oxygens (including phenoxy) is 2. The van der Waals surface area contributed by atoms with E-state index in [-0.39, 0.29) is 12.5 Å². The van der Waals surface area contributed by atoms with Crippen LogP contribution >= 0.6 is 27.5 Å². The predicted octanol–water partition coefficient (Wildman–Crippen LogP) is 4.89. The van der Waals surface area contributed by atoms with Crippen LogP contribution < -0.4 is 14.8 Å². The van der Waals surface area contributed by atoms with Gasteiger partial charge >= 0.3 is 0 Å². The molecule has 0 saturated carbocycles. The Kier molecular flexibility index (Phi) is 8.42. The van der Waals surface area contributed by atoms with E-state index in [1.807, 2.05) is 13.0 Å². The molecule has 0 atom stereocenters. The van der Waals surface area contributed by atoms with Crippen LogP contribution in [0.3, 0.4) is 0 Å². The molecule has 2 aromatic carbocycles. The lowest BCUT2D eigenvalue weighted by Crippen LogP contribution is -2.16. The summed E-state index contributed by atoms with van der Waals surface area (Å²) in [5.41, 5.74) is 1.37. The average molecular weight is 456 g/mol. The maximum absolute atomic E-state index is 11.8. The van der Waals surface area contributed by atoms with Gasteiger partial charge in [-0.15, -0.1) is 0 Å². The first kappa shape index (κ1) is 21.1. The molecule has 0 saturated heterocycles. The van der Waals surface area contributed by atoms with Gasteiger partial charge in [0.15, 0.2) is 18.1 Å². The highest BCUT2D eigenvalue weighted by molar-refractivity contribution is 9.10. The van der Waals surface area contributed by atoms with E-state index in [0.717, 1.165) is 16.5 Å². The lowest BCUT2D eigenvalue weighted by Gasteiger charge is -2.12. The van der Waals surface area contributed by atoms with Gasteiger partial charge in [-0.2, -0.15) is 0 Å². The number of hydrogen-bond donors (Lipinski definition) is 1. The number of rotatable bonds is 9. The second-order valence-electron chi connectivity index (χ2n) is 5.45. The number of carbonyl (C=O) groups is 1. The minimum Gasteiger partial charge on any atom is -0.493 e. The Balaban J connectivity index is 1.90. The standard InChI is InChI=1S/C19H20BrClN2O4/c1-3-8-26-19-16(20)9-13(10-17(19)25-2)11-22-27-12-18(24)23-15-6-4-14(21)5-7-15/h4-7,9-11H,3,8,12H2,1-2H3,(H,23,24). The Morgan fingerprint density at radius 1 is 1.30 bits per heavy atom. The van der Waals surface area contributed by atoms with E-state index in [2.05, 4.69) is 26.4 Å². The molecule has 8 heteroatoms. The van der Waals surface area contributed by atoms with Gasteiger partial charge < -0.3 is 19.6 Å². The van der Waals surface area contributed by atoms with Crippen LogP contribution in [0.4, 0.5) is 5.69 Å². The molecule has 6 nitrogen and oxygen atoms in total. The fourth-order valence-corrected chi connectivity index (χ4v) is 2.78. The molecule has 0 bridgehead atoms. The first-order valence-electron chi connectivity index (χ1n) is 8.24. The van der Waals surface area contributed by atoms with Crippen molar-refractivity contribution in [3.63, 3.8) is 0 Å². The van der Waals surface area contributed by atoms with Crippen molar-refractivity contribution in [2.45, 2.75) is 13.3 Å². The largest absolute Gasteiger partial charge is 0.493 e. The second-order valence-corrected chi connectivity index (χ2v) is 6.74. The Morgan fingerprint density at radius 3 is 2.70 bits per heavy atom. The van der Waals surface area contributed by atoms with Crippen LogP contribution in [0.15, 0.2) is 46.0 Å². The molecule has 0 spiro atoms. The number of nitrogens with zero attached hydrogens (tertiary/aromatic N) is 1. The first-order chi connectivity index (χ1) is 13.0. The molecule has 0 radical (unpaired) electrons. The van der Waals surface area contributed by atoms with Crippen LogP contribution in [-0.4, -0.2) is 32.4 Å². The van der Waals surface area contributed by atoms with Crippen LogP contribution in [0, 0.1) is 0 Å². The van der Waals surface area contributed by atoms with Gasteiger partial charge in [-0.25, -0.2) is 0 Å². The third-order valence-electron chi connectivity index (χ3n) is 3.30. The average Bonchev–Trinajstić information content (AvgIpc) is 2.66. The quantitative estimate of drug-likeness (QED) is 0.432. The normalized spacial score (nSPS) is 10.7. The molecular formula is C19H20BrClN2O4. The minimum absolute atomic E-state index is 0.213. The maximum atomic E-state index is 11.8. The van der Waals surface area contributed by atoms with Crippen molar-refractivity contribution in [2.75, 3.05) is 25.6 Å². The summed E-state index contributed by atoms with van der Waals surface area (Å²) in [6.07, 6.45) is 2.39. The topological polar surface area (TPSA) is 69.2 Å². The number of halogens is 2. The Bertz CT molecular complexity index is 797. The van der Waals surface area contributed by atoms with Gasteiger partial charge in [-0.05, 0) is 58.7 Å². The summed E-state index contributed by atoms with van der Waals surface area (Å²) in [5.74, 6) is 0.899.